The van der Waals surface area contributed by atoms with Gasteiger partial charge in [-0.3, -0.25) is 9.78 Å². The predicted octanol–water partition coefficient (Wildman–Crippen LogP) is 3.33. The molecule has 2 heterocycles. The molecule has 0 aromatic carbocycles. The van der Waals surface area contributed by atoms with E-state index < -0.39 is 0 Å². The van der Waals surface area contributed by atoms with Crippen molar-refractivity contribution < 1.29 is 4.79 Å². The van der Waals surface area contributed by atoms with Crippen molar-refractivity contribution in [3.05, 3.63) is 28.5 Å². The third-order valence-electron chi connectivity index (χ3n) is 3.28. The molecular formula is C13H16BrClN2O. The van der Waals surface area contributed by atoms with Crippen molar-refractivity contribution in [1.29, 1.82) is 0 Å². The van der Waals surface area contributed by atoms with Crippen LogP contribution in [0.2, 0.25) is 0 Å². The van der Waals surface area contributed by atoms with Gasteiger partial charge in [0.05, 0.1) is 5.56 Å². The Bertz CT molecular complexity index is 425. The number of carbonyl (C=O) groups excluding carboxylic acids is 1. The monoisotopic (exact) mass is 330 g/mol. The van der Waals surface area contributed by atoms with Crippen LogP contribution in [0.25, 0.3) is 0 Å². The molecule has 98 valence electrons. The van der Waals surface area contributed by atoms with Crippen LogP contribution in [0.5, 0.6) is 0 Å². The summed E-state index contributed by atoms with van der Waals surface area (Å²) in [4.78, 5) is 18.3. The Balaban J connectivity index is 2.04. The van der Waals surface area contributed by atoms with Gasteiger partial charge in [-0.25, -0.2) is 0 Å². The molecule has 2 rings (SSSR count). The van der Waals surface area contributed by atoms with Gasteiger partial charge in [0.2, 0.25) is 0 Å². The van der Waals surface area contributed by atoms with Crippen LogP contribution in [-0.4, -0.2) is 34.8 Å². The van der Waals surface area contributed by atoms with E-state index in [4.69, 9.17) is 11.6 Å². The van der Waals surface area contributed by atoms with Gasteiger partial charge in [-0.1, -0.05) is 0 Å². The molecule has 1 aliphatic heterocycles. The summed E-state index contributed by atoms with van der Waals surface area (Å²) in [6.07, 6.45) is 6.53. The summed E-state index contributed by atoms with van der Waals surface area (Å²) in [6.45, 7) is 1.65. The van der Waals surface area contributed by atoms with Crippen molar-refractivity contribution in [2.45, 2.75) is 19.3 Å². The molecule has 1 fully saturated rings. The molecule has 1 atom stereocenters. The van der Waals surface area contributed by atoms with Gasteiger partial charge >= 0.3 is 0 Å². The molecular weight excluding hydrogens is 316 g/mol. The van der Waals surface area contributed by atoms with Crippen LogP contribution in [0.3, 0.4) is 0 Å². The van der Waals surface area contributed by atoms with E-state index in [-0.39, 0.29) is 5.91 Å². The minimum absolute atomic E-state index is 0.0723. The number of pyridine rings is 1. The highest BCUT2D eigenvalue weighted by atomic mass is 79.9. The molecule has 0 saturated carbocycles. The topological polar surface area (TPSA) is 33.2 Å². The Morgan fingerprint density at radius 3 is 3.11 bits per heavy atom. The van der Waals surface area contributed by atoms with Crippen molar-refractivity contribution in [3.63, 3.8) is 0 Å². The summed E-state index contributed by atoms with van der Waals surface area (Å²) >= 11 is 9.12. The highest BCUT2D eigenvalue weighted by Gasteiger charge is 2.24. The minimum Gasteiger partial charge on any atom is -0.338 e. The van der Waals surface area contributed by atoms with E-state index in [1.807, 2.05) is 11.0 Å². The lowest BCUT2D eigenvalue weighted by atomic mass is 9.95. The average Bonchev–Trinajstić information content (AvgIpc) is 2.39. The fourth-order valence-corrected chi connectivity index (χ4v) is 3.02. The highest BCUT2D eigenvalue weighted by molar-refractivity contribution is 9.10. The summed E-state index contributed by atoms with van der Waals surface area (Å²) in [5.74, 6) is 1.29. The number of likely N-dealkylation sites (tertiary alicyclic amines) is 1. The molecule has 0 aliphatic carbocycles. The second kappa shape index (κ2) is 6.53. The lowest BCUT2D eigenvalue weighted by Gasteiger charge is -2.32. The normalized spacial score (nSPS) is 19.9. The van der Waals surface area contributed by atoms with Crippen molar-refractivity contribution in [1.82, 2.24) is 9.88 Å². The largest absolute Gasteiger partial charge is 0.338 e. The van der Waals surface area contributed by atoms with Crippen LogP contribution in [0, 0.1) is 5.92 Å². The highest BCUT2D eigenvalue weighted by Crippen LogP contribution is 2.22. The fraction of sp³-hybridized carbons (Fsp3) is 0.538. The van der Waals surface area contributed by atoms with Crippen molar-refractivity contribution in [2.75, 3.05) is 19.0 Å². The van der Waals surface area contributed by atoms with Crippen LogP contribution in [-0.2, 0) is 0 Å². The second-order valence-electron chi connectivity index (χ2n) is 4.63. The first-order chi connectivity index (χ1) is 8.70. The maximum absolute atomic E-state index is 12.3. The smallest absolute Gasteiger partial charge is 0.255 e. The quantitative estimate of drug-likeness (QED) is 0.796. The zero-order valence-corrected chi connectivity index (χ0v) is 12.5. The van der Waals surface area contributed by atoms with E-state index in [0.29, 0.717) is 17.4 Å². The van der Waals surface area contributed by atoms with Gasteiger partial charge in [-0.15, -0.1) is 11.6 Å². The van der Waals surface area contributed by atoms with Crippen LogP contribution < -0.4 is 0 Å². The van der Waals surface area contributed by atoms with Gasteiger partial charge in [0.25, 0.3) is 5.91 Å². The molecule has 1 amide bonds. The van der Waals surface area contributed by atoms with Gasteiger partial charge in [0.1, 0.15) is 0 Å². The van der Waals surface area contributed by atoms with Crippen LogP contribution in [0.4, 0.5) is 0 Å². The zero-order chi connectivity index (χ0) is 13.0. The summed E-state index contributed by atoms with van der Waals surface area (Å²) < 4.78 is 0.836. The van der Waals surface area contributed by atoms with Gasteiger partial charge in [-0.2, -0.15) is 0 Å². The Morgan fingerprint density at radius 2 is 2.39 bits per heavy atom. The van der Waals surface area contributed by atoms with Crippen LogP contribution >= 0.6 is 27.5 Å². The number of hydrogen-bond acceptors (Lipinski definition) is 2. The zero-order valence-electron chi connectivity index (χ0n) is 10.1. The molecule has 0 N–H and O–H groups in total. The minimum atomic E-state index is 0.0723. The number of amides is 1. The van der Waals surface area contributed by atoms with Crippen molar-refractivity contribution >= 4 is 33.4 Å². The number of alkyl halides is 1. The SMILES string of the molecule is O=C(c1cncc(Br)c1)N1CCCC(CCCl)C1. The number of nitrogens with zero attached hydrogens (tertiary/aromatic N) is 2. The molecule has 1 saturated heterocycles. The molecule has 1 aromatic heterocycles. The molecule has 0 bridgehead atoms. The Kier molecular flexibility index (Phi) is 5.01. The Hall–Kier alpha value is -0.610. The number of rotatable bonds is 3. The van der Waals surface area contributed by atoms with Gasteiger partial charge in [0.15, 0.2) is 0 Å². The number of aromatic nitrogens is 1. The van der Waals surface area contributed by atoms with Gasteiger partial charge < -0.3 is 4.90 Å². The maximum atomic E-state index is 12.3. The standard InChI is InChI=1S/C13H16BrClN2O/c14-12-6-11(7-16-8-12)13(18)17-5-1-2-10(9-17)3-4-15/h6-8,10H,1-5,9H2. The molecule has 5 heteroatoms. The lowest BCUT2D eigenvalue weighted by molar-refractivity contribution is 0.0671. The molecule has 1 aliphatic rings. The van der Waals surface area contributed by atoms with E-state index in [1.54, 1.807) is 12.4 Å². The summed E-state index contributed by atoms with van der Waals surface area (Å²) in [5.41, 5.74) is 0.649. The van der Waals surface area contributed by atoms with E-state index in [2.05, 4.69) is 20.9 Å². The van der Waals surface area contributed by atoms with Crippen molar-refractivity contribution in [3.8, 4) is 0 Å². The molecule has 3 nitrogen and oxygen atoms in total. The first kappa shape index (κ1) is 13.8. The molecule has 0 spiro atoms. The number of carbonyl (C=O) groups is 1. The summed E-state index contributed by atoms with van der Waals surface area (Å²) in [6, 6.07) is 1.82. The summed E-state index contributed by atoms with van der Waals surface area (Å²) in [7, 11) is 0. The summed E-state index contributed by atoms with van der Waals surface area (Å²) in [5, 5.41) is 0. The first-order valence-corrected chi connectivity index (χ1v) is 7.49. The number of hydrogen-bond donors (Lipinski definition) is 0. The lowest BCUT2D eigenvalue weighted by Crippen LogP contribution is -2.40. The first-order valence-electron chi connectivity index (χ1n) is 6.16. The van der Waals surface area contributed by atoms with E-state index in [1.165, 1.54) is 6.42 Å². The number of halogens is 2. The van der Waals surface area contributed by atoms with Crippen LogP contribution in [0.15, 0.2) is 22.9 Å². The fourth-order valence-electron chi connectivity index (χ4n) is 2.35. The number of piperidine rings is 1. The third-order valence-corrected chi connectivity index (χ3v) is 3.93. The van der Waals surface area contributed by atoms with E-state index >= 15 is 0 Å². The Labute approximate surface area is 121 Å². The van der Waals surface area contributed by atoms with Gasteiger partial charge in [0, 0.05) is 35.8 Å². The van der Waals surface area contributed by atoms with E-state index in [0.717, 1.165) is 30.4 Å². The molecule has 0 radical (unpaired) electrons. The average molecular weight is 332 g/mol. The second-order valence-corrected chi connectivity index (χ2v) is 5.92. The third kappa shape index (κ3) is 3.45. The molecule has 1 aromatic rings. The Morgan fingerprint density at radius 1 is 1.56 bits per heavy atom. The van der Waals surface area contributed by atoms with Crippen molar-refractivity contribution in [2.24, 2.45) is 5.92 Å². The maximum Gasteiger partial charge on any atom is 0.255 e. The van der Waals surface area contributed by atoms with Crippen LogP contribution in [0.1, 0.15) is 29.6 Å². The predicted molar refractivity (Wildman–Crippen MR) is 75.9 cm³/mol. The molecule has 1 unspecified atom stereocenters. The van der Waals surface area contributed by atoms with E-state index in [9.17, 15) is 4.79 Å². The van der Waals surface area contributed by atoms with Gasteiger partial charge in [-0.05, 0) is 47.2 Å². The molecule has 18 heavy (non-hydrogen) atoms.